The molecule has 2 N–H and O–H groups in total. The van der Waals surface area contributed by atoms with E-state index in [4.69, 9.17) is 33.7 Å². The minimum absolute atomic E-state index is 0.155. The maximum absolute atomic E-state index is 6.17. The van der Waals surface area contributed by atoms with Gasteiger partial charge in [-0.25, -0.2) is 0 Å². The highest BCUT2D eigenvalue weighted by Gasteiger charge is 2.16. The average Bonchev–Trinajstić information content (AvgIpc) is 2.41. The number of hydrogen-bond acceptors (Lipinski definition) is 3. The first kappa shape index (κ1) is 15.1. The summed E-state index contributed by atoms with van der Waals surface area (Å²) in [5.41, 5.74) is 7.14. The van der Waals surface area contributed by atoms with Crippen LogP contribution in [0.3, 0.4) is 0 Å². The molecule has 0 aliphatic heterocycles. The van der Waals surface area contributed by atoms with Crippen molar-refractivity contribution in [3.8, 4) is 5.75 Å². The van der Waals surface area contributed by atoms with Crippen molar-refractivity contribution in [2.45, 2.75) is 25.5 Å². The molecule has 2 aromatic rings. The normalized spacial score (nSPS) is 13.8. The van der Waals surface area contributed by atoms with Crippen LogP contribution in [0.5, 0.6) is 5.75 Å². The second-order valence-electron chi connectivity index (χ2n) is 4.62. The van der Waals surface area contributed by atoms with Crippen molar-refractivity contribution in [1.82, 2.24) is 4.98 Å². The van der Waals surface area contributed by atoms with Crippen LogP contribution in [0, 0.1) is 0 Å². The molecule has 0 amide bonds. The van der Waals surface area contributed by atoms with Crippen molar-refractivity contribution < 1.29 is 4.74 Å². The number of nitrogens with zero attached hydrogens (tertiary/aromatic N) is 1. The van der Waals surface area contributed by atoms with Gasteiger partial charge in [-0.1, -0.05) is 29.3 Å². The van der Waals surface area contributed by atoms with Crippen LogP contribution < -0.4 is 10.5 Å². The van der Waals surface area contributed by atoms with Crippen LogP contribution in [0.4, 0.5) is 0 Å². The molecular weight excluding hydrogens is 295 g/mol. The lowest BCUT2D eigenvalue weighted by Gasteiger charge is -2.22. The van der Waals surface area contributed by atoms with Crippen molar-refractivity contribution >= 4 is 23.2 Å². The van der Waals surface area contributed by atoms with Crippen LogP contribution in [-0.4, -0.2) is 17.1 Å². The fourth-order valence-corrected chi connectivity index (χ4v) is 2.21. The summed E-state index contributed by atoms with van der Waals surface area (Å²) in [6.07, 6.45) is 3.80. The molecule has 0 bridgehead atoms. The molecule has 0 saturated heterocycles. The standard InChI is InChI=1S/C15H16Cl2N2O/c1-10(20-13-4-2-3-12(16)8-13)15(18)7-11-5-6-19-9-14(11)17/h2-6,8-10,15H,7,18H2,1H3. The summed E-state index contributed by atoms with van der Waals surface area (Å²) in [5, 5.41) is 1.26. The monoisotopic (exact) mass is 310 g/mol. The van der Waals surface area contributed by atoms with Crippen molar-refractivity contribution in [3.05, 3.63) is 58.3 Å². The molecule has 20 heavy (non-hydrogen) atoms. The quantitative estimate of drug-likeness (QED) is 0.915. The molecule has 1 aromatic heterocycles. The Bertz CT molecular complexity index is 577. The minimum atomic E-state index is -0.172. The molecule has 2 atom stereocenters. The number of ether oxygens (including phenoxy) is 1. The first-order valence-corrected chi connectivity index (χ1v) is 7.08. The molecule has 1 heterocycles. The lowest BCUT2D eigenvalue weighted by molar-refractivity contribution is 0.189. The predicted octanol–water partition coefficient (Wildman–Crippen LogP) is 3.73. The van der Waals surface area contributed by atoms with Gasteiger partial charge >= 0.3 is 0 Å². The molecule has 0 saturated carbocycles. The van der Waals surface area contributed by atoms with Crippen LogP contribution in [-0.2, 0) is 6.42 Å². The average molecular weight is 311 g/mol. The summed E-state index contributed by atoms with van der Waals surface area (Å²) in [5.74, 6) is 0.710. The van der Waals surface area contributed by atoms with Crippen LogP contribution in [0.1, 0.15) is 12.5 Å². The molecule has 2 rings (SSSR count). The van der Waals surface area contributed by atoms with Gasteiger partial charge < -0.3 is 10.5 Å². The first-order valence-electron chi connectivity index (χ1n) is 6.32. The van der Waals surface area contributed by atoms with Gasteiger partial charge in [-0.3, -0.25) is 4.98 Å². The molecule has 0 aliphatic rings. The third-order valence-corrected chi connectivity index (χ3v) is 3.61. The Balaban J connectivity index is 1.99. The van der Waals surface area contributed by atoms with Gasteiger partial charge in [0.05, 0.1) is 5.02 Å². The second-order valence-corrected chi connectivity index (χ2v) is 5.46. The Kier molecular flexibility index (Phi) is 5.24. The van der Waals surface area contributed by atoms with E-state index in [1.54, 1.807) is 24.5 Å². The molecule has 0 aliphatic carbocycles. The summed E-state index contributed by atoms with van der Waals surface area (Å²) in [6.45, 7) is 1.93. The lowest BCUT2D eigenvalue weighted by atomic mass is 10.0. The number of nitrogens with two attached hydrogens (primary N) is 1. The number of hydrogen-bond donors (Lipinski definition) is 1. The minimum Gasteiger partial charge on any atom is -0.489 e. The Hall–Kier alpha value is -1.29. The van der Waals surface area contributed by atoms with Gasteiger partial charge in [-0.2, -0.15) is 0 Å². The van der Waals surface area contributed by atoms with E-state index in [2.05, 4.69) is 4.98 Å². The largest absolute Gasteiger partial charge is 0.489 e. The van der Waals surface area contributed by atoms with Crippen molar-refractivity contribution in [2.24, 2.45) is 5.73 Å². The number of aromatic nitrogens is 1. The van der Waals surface area contributed by atoms with E-state index < -0.39 is 0 Å². The van der Waals surface area contributed by atoms with Gasteiger partial charge in [0.1, 0.15) is 11.9 Å². The van der Waals surface area contributed by atoms with Gasteiger partial charge in [-0.15, -0.1) is 0 Å². The van der Waals surface area contributed by atoms with Crippen LogP contribution in [0.25, 0.3) is 0 Å². The van der Waals surface area contributed by atoms with Crippen LogP contribution in [0.15, 0.2) is 42.7 Å². The van der Waals surface area contributed by atoms with E-state index in [1.165, 1.54) is 0 Å². The van der Waals surface area contributed by atoms with Crippen LogP contribution in [0.2, 0.25) is 10.0 Å². The second kappa shape index (κ2) is 6.93. The number of pyridine rings is 1. The molecule has 106 valence electrons. The van der Waals surface area contributed by atoms with Gasteiger partial charge in [0.25, 0.3) is 0 Å². The lowest BCUT2D eigenvalue weighted by Crippen LogP contribution is -2.38. The van der Waals surface area contributed by atoms with Crippen molar-refractivity contribution in [1.29, 1.82) is 0 Å². The summed E-state index contributed by atoms with van der Waals surface area (Å²) < 4.78 is 5.80. The highest BCUT2D eigenvalue weighted by molar-refractivity contribution is 6.31. The summed E-state index contributed by atoms with van der Waals surface area (Å²) in [4.78, 5) is 3.96. The number of halogens is 2. The number of benzene rings is 1. The molecule has 0 fully saturated rings. The van der Waals surface area contributed by atoms with Crippen molar-refractivity contribution in [2.75, 3.05) is 0 Å². The van der Waals surface area contributed by atoms with E-state index in [-0.39, 0.29) is 12.1 Å². The molecule has 5 heteroatoms. The van der Waals surface area contributed by atoms with Crippen LogP contribution >= 0.6 is 23.2 Å². The third-order valence-electron chi connectivity index (χ3n) is 3.03. The number of rotatable bonds is 5. The predicted molar refractivity (Wildman–Crippen MR) is 82.5 cm³/mol. The zero-order chi connectivity index (χ0) is 14.5. The Morgan fingerprint density at radius 1 is 1.30 bits per heavy atom. The Morgan fingerprint density at radius 3 is 2.80 bits per heavy atom. The molecule has 2 unspecified atom stereocenters. The van der Waals surface area contributed by atoms with Crippen molar-refractivity contribution in [3.63, 3.8) is 0 Å². The smallest absolute Gasteiger partial charge is 0.121 e. The van der Waals surface area contributed by atoms with Gasteiger partial charge in [0, 0.05) is 23.5 Å². The van der Waals surface area contributed by atoms with Gasteiger partial charge in [0.15, 0.2) is 0 Å². The SMILES string of the molecule is CC(Oc1cccc(Cl)c1)C(N)Cc1ccncc1Cl. The highest BCUT2D eigenvalue weighted by Crippen LogP contribution is 2.20. The zero-order valence-electron chi connectivity index (χ0n) is 11.1. The maximum Gasteiger partial charge on any atom is 0.121 e. The molecule has 3 nitrogen and oxygen atoms in total. The maximum atomic E-state index is 6.17. The van der Waals surface area contributed by atoms with E-state index in [0.717, 1.165) is 5.56 Å². The zero-order valence-corrected chi connectivity index (χ0v) is 12.6. The van der Waals surface area contributed by atoms with Gasteiger partial charge in [-0.05, 0) is 43.2 Å². The fourth-order valence-electron chi connectivity index (χ4n) is 1.83. The van der Waals surface area contributed by atoms with E-state index >= 15 is 0 Å². The third kappa shape index (κ3) is 4.10. The summed E-state index contributed by atoms with van der Waals surface area (Å²) >= 11 is 12.0. The summed E-state index contributed by atoms with van der Waals surface area (Å²) in [6, 6.07) is 8.96. The molecule has 1 aromatic carbocycles. The van der Waals surface area contributed by atoms with E-state index in [1.807, 2.05) is 25.1 Å². The summed E-state index contributed by atoms with van der Waals surface area (Å²) in [7, 11) is 0. The molecule has 0 spiro atoms. The van der Waals surface area contributed by atoms with E-state index in [0.29, 0.717) is 22.2 Å². The topological polar surface area (TPSA) is 48.1 Å². The highest BCUT2D eigenvalue weighted by atomic mass is 35.5. The van der Waals surface area contributed by atoms with Gasteiger partial charge in [0.2, 0.25) is 0 Å². The molecule has 0 radical (unpaired) electrons. The Labute approximate surface area is 128 Å². The first-order chi connectivity index (χ1) is 9.56. The Morgan fingerprint density at radius 2 is 2.10 bits per heavy atom. The van der Waals surface area contributed by atoms with E-state index in [9.17, 15) is 0 Å². The molecular formula is C15H16Cl2N2O. The fraction of sp³-hybridized carbons (Fsp3) is 0.267.